The molecule has 1 N–H and O–H groups in total. The molecule has 0 aliphatic carbocycles. The van der Waals surface area contributed by atoms with Gasteiger partial charge in [0.2, 0.25) is 21.8 Å². The lowest BCUT2D eigenvalue weighted by atomic mass is 9.95. The Morgan fingerprint density at radius 2 is 1.42 bits per heavy atom. The predicted molar refractivity (Wildman–Crippen MR) is 120 cm³/mol. The molecule has 1 aromatic rings. The number of benzene rings is 1. The average Bonchev–Trinajstić information content (AvgIpc) is 2.72. The molecule has 8 heteroatoms. The van der Waals surface area contributed by atoms with E-state index in [9.17, 15) is 18.0 Å². The Hall–Kier alpha value is -1.93. The highest BCUT2D eigenvalue weighted by atomic mass is 32.2. The number of amides is 2. The zero-order valence-electron chi connectivity index (χ0n) is 19.3. The lowest BCUT2D eigenvalue weighted by molar-refractivity contribution is -0.137. The molecule has 0 radical (unpaired) electrons. The van der Waals surface area contributed by atoms with Gasteiger partial charge in [0.05, 0.1) is 4.90 Å². The maximum Gasteiger partial charge on any atom is 0.243 e. The number of sulfonamides is 1. The van der Waals surface area contributed by atoms with Crippen molar-refractivity contribution in [3.63, 3.8) is 0 Å². The van der Waals surface area contributed by atoms with Gasteiger partial charge in [0.25, 0.3) is 0 Å². The molecule has 1 aromatic carbocycles. The number of piperidine rings is 2. The zero-order valence-corrected chi connectivity index (χ0v) is 20.1. The van der Waals surface area contributed by atoms with Crippen molar-refractivity contribution in [2.24, 2.45) is 5.92 Å². The van der Waals surface area contributed by atoms with Crippen molar-refractivity contribution in [2.45, 2.75) is 71.2 Å². The summed E-state index contributed by atoms with van der Waals surface area (Å²) in [5.74, 6) is -0.0464. The van der Waals surface area contributed by atoms with E-state index in [0.29, 0.717) is 43.9 Å². The minimum atomic E-state index is -3.59. The first-order chi connectivity index (χ1) is 14.5. The fraction of sp³-hybridized carbons (Fsp3) is 0.652. The second kappa shape index (κ2) is 9.28. The first-order valence-electron chi connectivity index (χ1n) is 11.2. The molecule has 0 aromatic heterocycles. The Bertz CT molecular complexity index is 931. The first-order valence-corrected chi connectivity index (χ1v) is 12.6. The van der Waals surface area contributed by atoms with Gasteiger partial charge in [0, 0.05) is 45.1 Å². The predicted octanol–water partition coefficient (Wildman–Crippen LogP) is 2.45. The van der Waals surface area contributed by atoms with Gasteiger partial charge in [-0.2, -0.15) is 4.31 Å². The number of nitrogens with one attached hydrogen (secondary N) is 1. The maximum atomic E-state index is 13.4. The molecular weight excluding hydrogens is 414 g/mol. The number of rotatable bonds is 4. The first kappa shape index (κ1) is 23.7. The number of hydrogen-bond acceptors (Lipinski definition) is 4. The molecule has 2 aliphatic rings. The normalized spacial score (nSPS) is 19.5. The largest absolute Gasteiger partial charge is 0.353 e. The van der Waals surface area contributed by atoms with E-state index >= 15 is 0 Å². The van der Waals surface area contributed by atoms with Crippen LogP contribution in [0.5, 0.6) is 0 Å². The Morgan fingerprint density at radius 3 is 1.90 bits per heavy atom. The average molecular weight is 450 g/mol. The van der Waals surface area contributed by atoms with Crippen LogP contribution in [0.1, 0.15) is 54.9 Å². The van der Waals surface area contributed by atoms with Crippen LogP contribution in [-0.4, -0.2) is 61.7 Å². The standard InChI is InChI=1S/C23H35N3O4S/c1-15-14-16(2)18(4)22(17(15)3)31(29,30)26-12-6-20(7-13-26)23(28)25-10-8-21(9-11-25)24-19(5)27/h14,20-21H,6-13H2,1-5H3,(H,24,27). The monoisotopic (exact) mass is 449 g/mol. The van der Waals surface area contributed by atoms with Gasteiger partial charge in [-0.3, -0.25) is 9.59 Å². The van der Waals surface area contributed by atoms with Crippen molar-refractivity contribution < 1.29 is 18.0 Å². The second-order valence-corrected chi connectivity index (χ2v) is 10.9. The molecule has 0 atom stereocenters. The van der Waals surface area contributed by atoms with Crippen LogP contribution < -0.4 is 5.32 Å². The molecule has 2 saturated heterocycles. The van der Waals surface area contributed by atoms with Gasteiger partial charge in [-0.05, 0) is 75.6 Å². The molecule has 2 amide bonds. The maximum absolute atomic E-state index is 13.4. The summed E-state index contributed by atoms with van der Waals surface area (Å²) in [6.07, 6.45) is 2.63. The topological polar surface area (TPSA) is 86.8 Å². The summed E-state index contributed by atoms with van der Waals surface area (Å²) in [7, 11) is -3.59. The molecule has 7 nitrogen and oxygen atoms in total. The highest BCUT2D eigenvalue weighted by Crippen LogP contribution is 2.31. The summed E-state index contributed by atoms with van der Waals surface area (Å²) >= 11 is 0. The number of aryl methyl sites for hydroxylation is 2. The summed E-state index contributed by atoms with van der Waals surface area (Å²) in [6.45, 7) is 11.2. The van der Waals surface area contributed by atoms with Crippen LogP contribution in [0.2, 0.25) is 0 Å². The van der Waals surface area contributed by atoms with E-state index in [1.165, 1.54) is 6.92 Å². The summed E-state index contributed by atoms with van der Waals surface area (Å²) in [5, 5.41) is 2.93. The van der Waals surface area contributed by atoms with Crippen LogP contribution in [0.3, 0.4) is 0 Å². The van der Waals surface area contributed by atoms with Gasteiger partial charge in [-0.25, -0.2) is 8.42 Å². The minimum Gasteiger partial charge on any atom is -0.353 e. The van der Waals surface area contributed by atoms with E-state index in [4.69, 9.17) is 0 Å². The summed E-state index contributed by atoms with van der Waals surface area (Å²) < 4.78 is 28.4. The molecule has 2 aliphatic heterocycles. The van der Waals surface area contributed by atoms with Crippen molar-refractivity contribution >= 4 is 21.8 Å². The van der Waals surface area contributed by atoms with E-state index in [2.05, 4.69) is 5.32 Å². The zero-order chi connectivity index (χ0) is 22.9. The van der Waals surface area contributed by atoms with Crippen molar-refractivity contribution in [3.8, 4) is 0 Å². The highest BCUT2D eigenvalue weighted by Gasteiger charge is 2.36. The molecule has 2 fully saturated rings. The third-order valence-electron chi connectivity index (χ3n) is 6.91. The Kier molecular flexibility index (Phi) is 7.11. The van der Waals surface area contributed by atoms with E-state index < -0.39 is 10.0 Å². The van der Waals surface area contributed by atoms with Gasteiger partial charge < -0.3 is 10.2 Å². The SMILES string of the molecule is CC(=O)NC1CCN(C(=O)C2CCN(S(=O)(=O)c3c(C)c(C)cc(C)c3C)CC2)CC1. The van der Waals surface area contributed by atoms with Crippen LogP contribution in [0.4, 0.5) is 0 Å². The number of nitrogens with zero attached hydrogens (tertiary/aromatic N) is 2. The van der Waals surface area contributed by atoms with Gasteiger partial charge in [0.1, 0.15) is 0 Å². The third kappa shape index (κ3) is 4.95. The van der Waals surface area contributed by atoms with Gasteiger partial charge in [-0.15, -0.1) is 0 Å². The lowest BCUT2D eigenvalue weighted by Crippen LogP contribution is -2.49. The van der Waals surface area contributed by atoms with E-state index in [-0.39, 0.29) is 23.8 Å². The second-order valence-electron chi connectivity index (χ2n) is 9.07. The van der Waals surface area contributed by atoms with Crippen LogP contribution in [0.25, 0.3) is 0 Å². The molecule has 0 spiro atoms. The number of carbonyl (C=O) groups is 2. The molecule has 0 unspecified atom stereocenters. The van der Waals surface area contributed by atoms with E-state index in [1.54, 1.807) is 4.31 Å². The summed E-state index contributed by atoms with van der Waals surface area (Å²) in [6, 6.07) is 2.17. The van der Waals surface area contributed by atoms with Crippen molar-refractivity contribution in [1.82, 2.24) is 14.5 Å². The summed E-state index contributed by atoms with van der Waals surface area (Å²) in [4.78, 5) is 26.5. The lowest BCUT2D eigenvalue weighted by Gasteiger charge is -2.37. The number of carbonyl (C=O) groups excluding carboxylic acids is 2. The third-order valence-corrected chi connectivity index (χ3v) is 9.09. The quantitative estimate of drug-likeness (QED) is 0.765. The van der Waals surface area contributed by atoms with Crippen molar-refractivity contribution in [3.05, 3.63) is 28.3 Å². The highest BCUT2D eigenvalue weighted by molar-refractivity contribution is 7.89. The Balaban J connectivity index is 1.63. The van der Waals surface area contributed by atoms with Crippen LogP contribution in [0.15, 0.2) is 11.0 Å². The fourth-order valence-electron chi connectivity index (χ4n) is 4.83. The van der Waals surface area contributed by atoms with Crippen LogP contribution in [0, 0.1) is 33.6 Å². The van der Waals surface area contributed by atoms with Crippen molar-refractivity contribution in [1.29, 1.82) is 0 Å². The van der Waals surface area contributed by atoms with E-state index in [1.807, 2.05) is 38.7 Å². The smallest absolute Gasteiger partial charge is 0.243 e. The van der Waals surface area contributed by atoms with Crippen LogP contribution in [-0.2, 0) is 19.6 Å². The van der Waals surface area contributed by atoms with Crippen LogP contribution >= 0.6 is 0 Å². The molecule has 0 saturated carbocycles. The summed E-state index contributed by atoms with van der Waals surface area (Å²) in [5.41, 5.74) is 3.58. The molecule has 0 bridgehead atoms. The van der Waals surface area contributed by atoms with Crippen molar-refractivity contribution in [2.75, 3.05) is 26.2 Å². The van der Waals surface area contributed by atoms with Gasteiger partial charge in [-0.1, -0.05) is 6.07 Å². The Morgan fingerprint density at radius 1 is 0.903 bits per heavy atom. The molecular formula is C23H35N3O4S. The fourth-order valence-corrected chi connectivity index (χ4v) is 6.88. The Labute approximate surface area is 186 Å². The van der Waals surface area contributed by atoms with Gasteiger partial charge in [0.15, 0.2) is 0 Å². The number of hydrogen-bond donors (Lipinski definition) is 1. The molecule has 3 rings (SSSR count). The number of likely N-dealkylation sites (tertiary alicyclic amines) is 1. The van der Waals surface area contributed by atoms with E-state index in [0.717, 1.165) is 35.1 Å². The van der Waals surface area contributed by atoms with Gasteiger partial charge >= 0.3 is 0 Å². The minimum absolute atomic E-state index is 0.0346. The molecule has 2 heterocycles. The molecule has 31 heavy (non-hydrogen) atoms. The molecule has 172 valence electrons.